The number of carbonyl (C=O) groups excluding carboxylic acids is 1. The smallest absolute Gasteiger partial charge is 0.354 e. The molecule has 1 aromatic heterocycles. The van der Waals surface area contributed by atoms with Gasteiger partial charge in [0, 0.05) is 36.2 Å². The van der Waals surface area contributed by atoms with E-state index in [0.29, 0.717) is 46.4 Å². The monoisotopic (exact) mass is 530 g/mol. The number of aromatic nitrogens is 2. The number of hydrogen-bond acceptors (Lipinski definition) is 5. The average molecular weight is 531 g/mol. The summed E-state index contributed by atoms with van der Waals surface area (Å²) in [4.78, 5) is 27.1. The zero-order valence-corrected chi connectivity index (χ0v) is 21.8. The lowest BCUT2D eigenvalue weighted by molar-refractivity contribution is 0.0634. The number of carboxylic acid groups (broad SMARTS) is 1. The van der Waals surface area contributed by atoms with Crippen molar-refractivity contribution in [2.45, 2.75) is 45.4 Å². The van der Waals surface area contributed by atoms with Gasteiger partial charge in [-0.3, -0.25) is 9.48 Å². The SMILES string of the molecule is COc1ccc(C(C)NCCn2nc3c(c2C(=O)O)CN(C(=O)c2ccc(Cl)c(Cl)c2)[C@H](C)C3)cc1. The van der Waals surface area contributed by atoms with Crippen molar-refractivity contribution >= 4 is 35.1 Å². The number of benzene rings is 2. The van der Waals surface area contributed by atoms with Gasteiger partial charge in [-0.2, -0.15) is 5.10 Å². The highest BCUT2D eigenvalue weighted by molar-refractivity contribution is 6.42. The molecule has 1 aliphatic heterocycles. The number of nitrogens with zero attached hydrogens (tertiary/aromatic N) is 3. The zero-order valence-electron chi connectivity index (χ0n) is 20.3. The molecule has 0 aliphatic carbocycles. The molecule has 4 rings (SSSR count). The van der Waals surface area contributed by atoms with Gasteiger partial charge in [0.2, 0.25) is 0 Å². The maximum Gasteiger partial charge on any atom is 0.354 e. The van der Waals surface area contributed by atoms with E-state index >= 15 is 0 Å². The quantitative estimate of drug-likeness (QED) is 0.432. The molecule has 36 heavy (non-hydrogen) atoms. The minimum atomic E-state index is -1.07. The number of rotatable bonds is 8. The van der Waals surface area contributed by atoms with Crippen LogP contribution in [0.3, 0.4) is 0 Å². The van der Waals surface area contributed by atoms with Crippen molar-refractivity contribution in [1.82, 2.24) is 20.0 Å². The second-order valence-corrected chi connectivity index (χ2v) is 9.68. The van der Waals surface area contributed by atoms with E-state index in [2.05, 4.69) is 10.4 Å². The summed E-state index contributed by atoms with van der Waals surface area (Å²) in [7, 11) is 1.63. The van der Waals surface area contributed by atoms with Crippen molar-refractivity contribution in [2.75, 3.05) is 13.7 Å². The molecule has 10 heteroatoms. The van der Waals surface area contributed by atoms with Crippen LogP contribution in [0, 0.1) is 0 Å². The van der Waals surface area contributed by atoms with Gasteiger partial charge in [-0.25, -0.2) is 4.79 Å². The summed E-state index contributed by atoms with van der Waals surface area (Å²) in [5, 5.41) is 18.7. The molecule has 0 bridgehead atoms. The fourth-order valence-electron chi connectivity index (χ4n) is 4.46. The van der Waals surface area contributed by atoms with Crippen LogP contribution in [-0.4, -0.2) is 51.4 Å². The number of ether oxygens (including phenoxy) is 1. The van der Waals surface area contributed by atoms with Crippen LogP contribution in [0.25, 0.3) is 0 Å². The largest absolute Gasteiger partial charge is 0.497 e. The summed E-state index contributed by atoms with van der Waals surface area (Å²) >= 11 is 12.1. The summed E-state index contributed by atoms with van der Waals surface area (Å²) in [6.45, 7) is 5.03. The molecule has 8 nitrogen and oxygen atoms in total. The fraction of sp³-hybridized carbons (Fsp3) is 0.346. The van der Waals surface area contributed by atoms with E-state index in [1.165, 1.54) is 10.7 Å². The second kappa shape index (κ2) is 10.9. The third-order valence-electron chi connectivity index (χ3n) is 6.50. The molecule has 1 unspecified atom stereocenters. The Balaban J connectivity index is 1.49. The maximum absolute atomic E-state index is 13.2. The summed E-state index contributed by atoms with van der Waals surface area (Å²) < 4.78 is 6.73. The lowest BCUT2D eigenvalue weighted by Gasteiger charge is -2.33. The Bertz CT molecular complexity index is 1280. The van der Waals surface area contributed by atoms with Gasteiger partial charge >= 0.3 is 5.97 Å². The van der Waals surface area contributed by atoms with E-state index in [1.54, 1.807) is 24.1 Å². The number of amides is 1. The van der Waals surface area contributed by atoms with Gasteiger partial charge in [-0.15, -0.1) is 0 Å². The Kier molecular flexibility index (Phi) is 7.88. The molecule has 2 N–H and O–H groups in total. The predicted octanol–water partition coefficient (Wildman–Crippen LogP) is 4.83. The van der Waals surface area contributed by atoms with Crippen LogP contribution >= 0.6 is 23.2 Å². The van der Waals surface area contributed by atoms with Gasteiger partial charge in [-0.05, 0) is 49.7 Å². The molecule has 1 aliphatic rings. The molecular weight excluding hydrogens is 503 g/mol. The Morgan fingerprint density at radius 2 is 1.92 bits per heavy atom. The highest BCUT2D eigenvalue weighted by Gasteiger charge is 2.34. The van der Waals surface area contributed by atoms with Crippen molar-refractivity contribution in [3.05, 3.63) is 80.6 Å². The average Bonchev–Trinajstić information content (AvgIpc) is 3.21. The Morgan fingerprint density at radius 3 is 2.56 bits per heavy atom. The van der Waals surface area contributed by atoms with Crippen LogP contribution in [0.1, 0.15) is 57.6 Å². The summed E-state index contributed by atoms with van der Waals surface area (Å²) in [5.74, 6) is -0.505. The van der Waals surface area contributed by atoms with E-state index in [0.717, 1.165) is 11.3 Å². The number of methoxy groups -OCH3 is 1. The van der Waals surface area contributed by atoms with E-state index in [9.17, 15) is 14.7 Å². The van der Waals surface area contributed by atoms with Crippen LogP contribution in [0.4, 0.5) is 0 Å². The molecule has 0 saturated carbocycles. The number of halogens is 2. The highest BCUT2D eigenvalue weighted by atomic mass is 35.5. The molecule has 0 radical (unpaired) electrons. The zero-order chi connectivity index (χ0) is 26.0. The van der Waals surface area contributed by atoms with Crippen molar-refractivity contribution in [1.29, 1.82) is 0 Å². The van der Waals surface area contributed by atoms with Gasteiger partial charge < -0.3 is 20.1 Å². The Labute approximate surface area is 219 Å². The molecule has 0 saturated heterocycles. The van der Waals surface area contributed by atoms with Crippen molar-refractivity contribution in [2.24, 2.45) is 0 Å². The van der Waals surface area contributed by atoms with Crippen LogP contribution in [0.5, 0.6) is 5.75 Å². The first-order valence-corrected chi connectivity index (χ1v) is 12.4. The van der Waals surface area contributed by atoms with Crippen LogP contribution in [0.2, 0.25) is 10.0 Å². The van der Waals surface area contributed by atoms with Gasteiger partial charge in [0.1, 0.15) is 5.75 Å². The van der Waals surface area contributed by atoms with Crippen molar-refractivity contribution in [3.63, 3.8) is 0 Å². The standard InChI is InChI=1S/C26H28Cl2N4O4/c1-15-12-23-20(14-31(15)25(33)18-6-9-21(27)22(28)13-18)24(26(34)35)32(30-23)11-10-29-16(2)17-4-7-19(36-3)8-5-17/h4-9,13,15-16,29H,10-12,14H2,1-3H3,(H,34,35)/t15-,16?/m1/s1. The minimum Gasteiger partial charge on any atom is -0.497 e. The number of aromatic carboxylic acids is 1. The Morgan fingerprint density at radius 1 is 1.19 bits per heavy atom. The summed E-state index contributed by atoms with van der Waals surface area (Å²) in [5.41, 5.74) is 2.89. The van der Waals surface area contributed by atoms with Crippen LogP contribution in [0.15, 0.2) is 42.5 Å². The molecule has 190 valence electrons. The van der Waals surface area contributed by atoms with Crippen LogP contribution < -0.4 is 10.1 Å². The second-order valence-electron chi connectivity index (χ2n) is 8.87. The van der Waals surface area contributed by atoms with E-state index < -0.39 is 5.97 Å². The van der Waals surface area contributed by atoms with Gasteiger partial charge in [0.25, 0.3) is 5.91 Å². The number of carboxylic acids is 1. The predicted molar refractivity (Wildman–Crippen MR) is 138 cm³/mol. The van der Waals surface area contributed by atoms with Gasteiger partial charge in [0.05, 0.1) is 35.9 Å². The molecule has 0 fully saturated rings. The first-order chi connectivity index (χ1) is 17.2. The fourth-order valence-corrected chi connectivity index (χ4v) is 4.76. The molecule has 1 amide bonds. The van der Waals surface area contributed by atoms with Crippen LogP contribution in [-0.2, 0) is 19.5 Å². The maximum atomic E-state index is 13.2. The van der Waals surface area contributed by atoms with E-state index in [4.69, 9.17) is 27.9 Å². The van der Waals surface area contributed by atoms with Crippen molar-refractivity contribution in [3.8, 4) is 5.75 Å². The third-order valence-corrected chi connectivity index (χ3v) is 7.24. The summed E-state index contributed by atoms with van der Waals surface area (Å²) in [6, 6.07) is 12.4. The molecular formula is C26H28Cl2N4O4. The lowest BCUT2D eigenvalue weighted by atomic mass is 9.98. The number of carbonyl (C=O) groups is 2. The topological polar surface area (TPSA) is 96.7 Å². The highest BCUT2D eigenvalue weighted by Crippen LogP contribution is 2.29. The first-order valence-electron chi connectivity index (χ1n) is 11.6. The van der Waals surface area contributed by atoms with Crippen molar-refractivity contribution < 1.29 is 19.4 Å². The van der Waals surface area contributed by atoms with Gasteiger partial charge in [0.15, 0.2) is 5.69 Å². The molecule has 2 atom stereocenters. The minimum absolute atomic E-state index is 0.0636. The third kappa shape index (κ3) is 5.36. The first kappa shape index (κ1) is 26.0. The summed E-state index contributed by atoms with van der Waals surface area (Å²) in [6.07, 6.45) is 0.464. The Hall–Kier alpha value is -3.07. The molecule has 2 heterocycles. The lowest BCUT2D eigenvalue weighted by Crippen LogP contribution is -2.42. The molecule has 2 aromatic carbocycles. The molecule has 0 spiro atoms. The normalized spacial score (nSPS) is 15.9. The number of hydrogen-bond donors (Lipinski definition) is 2. The number of fused-ring (bicyclic) bond motifs is 1. The number of nitrogens with one attached hydrogen (secondary N) is 1. The van der Waals surface area contributed by atoms with Gasteiger partial charge in [-0.1, -0.05) is 35.3 Å². The van der Waals surface area contributed by atoms with E-state index in [-0.39, 0.29) is 30.2 Å². The van der Waals surface area contributed by atoms with E-state index in [1.807, 2.05) is 38.1 Å². The molecule has 3 aromatic rings.